The molecule has 0 unspecified atom stereocenters. The van der Waals surface area contributed by atoms with Gasteiger partial charge in [-0.3, -0.25) is 0 Å². The normalized spacial score (nSPS) is 17.3. The van der Waals surface area contributed by atoms with Crippen LogP contribution in [0.1, 0.15) is 57.5 Å². The van der Waals surface area contributed by atoms with Crippen LogP contribution in [0.25, 0.3) is 0 Å². The number of nitrogens with one attached hydrogen (secondary N) is 1. The Morgan fingerprint density at radius 2 is 1.37 bits per heavy atom. The fourth-order valence-electron chi connectivity index (χ4n) is 4.13. The van der Waals surface area contributed by atoms with Crippen molar-refractivity contribution >= 4 is 55.2 Å². The van der Waals surface area contributed by atoms with E-state index in [4.69, 9.17) is 10.5 Å². The van der Waals surface area contributed by atoms with Crippen LogP contribution in [0, 0.1) is 13.8 Å². The summed E-state index contributed by atoms with van der Waals surface area (Å²) in [6, 6.07) is 8.45. The van der Waals surface area contributed by atoms with Crippen molar-refractivity contribution in [3.63, 3.8) is 0 Å². The number of rotatable bonds is 5. The average Bonchev–Trinajstić information content (AvgIpc) is 2.83. The molecule has 0 amide bonds. The highest BCUT2D eigenvalue weighted by Crippen LogP contribution is 2.30. The number of carbonyl (C=O) groups excluding carboxylic acids is 2. The zero-order valence-electron chi connectivity index (χ0n) is 21.2. The third kappa shape index (κ3) is 7.95. The highest BCUT2D eigenvalue weighted by atomic mass is 79.9. The molecular formula is C26H35Br2N3O4. The van der Waals surface area contributed by atoms with Crippen LogP contribution in [0.4, 0.5) is 11.4 Å². The lowest BCUT2D eigenvalue weighted by molar-refractivity contribution is 0.0591. The van der Waals surface area contributed by atoms with E-state index in [1.165, 1.54) is 27.1 Å². The summed E-state index contributed by atoms with van der Waals surface area (Å²) in [5.41, 5.74) is 10.1. The van der Waals surface area contributed by atoms with Gasteiger partial charge in [0.25, 0.3) is 0 Å². The van der Waals surface area contributed by atoms with E-state index in [1.54, 1.807) is 19.1 Å². The fraction of sp³-hybridized carbons (Fsp3) is 0.462. The minimum Gasteiger partial charge on any atom is -0.465 e. The number of nitrogens with zero attached hydrogens (tertiary/aromatic N) is 1. The van der Waals surface area contributed by atoms with Gasteiger partial charge in [0, 0.05) is 32.4 Å². The molecule has 0 heterocycles. The molecule has 0 saturated heterocycles. The molecule has 0 aliphatic heterocycles. The van der Waals surface area contributed by atoms with Crippen molar-refractivity contribution in [2.24, 2.45) is 0 Å². The van der Waals surface area contributed by atoms with Gasteiger partial charge in [-0.05, 0) is 89.0 Å². The Morgan fingerprint density at radius 3 is 1.86 bits per heavy atom. The Balaban J connectivity index is 0.000000283. The van der Waals surface area contributed by atoms with E-state index < -0.39 is 0 Å². The number of carbonyl (C=O) groups is 2. The van der Waals surface area contributed by atoms with E-state index in [0.29, 0.717) is 28.9 Å². The van der Waals surface area contributed by atoms with Crippen molar-refractivity contribution in [3.8, 4) is 0 Å². The maximum absolute atomic E-state index is 11.9. The van der Waals surface area contributed by atoms with E-state index in [9.17, 15) is 9.59 Å². The van der Waals surface area contributed by atoms with E-state index in [1.807, 2.05) is 19.1 Å². The second-order valence-electron chi connectivity index (χ2n) is 8.89. The van der Waals surface area contributed by atoms with Crippen molar-refractivity contribution in [1.82, 2.24) is 4.90 Å². The molecule has 1 aliphatic rings. The SMILES string of the molecule is COC(=O)c1cc(Br)cc(N)c1C.COC(=O)c1cc(Br)cc(NC2CCC(N(C)C)CC2)c1C. The molecular weight excluding hydrogens is 578 g/mol. The van der Waals surface area contributed by atoms with Crippen LogP contribution < -0.4 is 11.1 Å². The van der Waals surface area contributed by atoms with Crippen LogP contribution in [-0.4, -0.2) is 57.2 Å². The molecule has 0 atom stereocenters. The first-order chi connectivity index (χ1) is 16.5. The third-order valence-corrected chi connectivity index (χ3v) is 7.30. The van der Waals surface area contributed by atoms with Gasteiger partial charge in [0.15, 0.2) is 0 Å². The molecule has 35 heavy (non-hydrogen) atoms. The summed E-state index contributed by atoms with van der Waals surface area (Å²) in [6.45, 7) is 3.75. The summed E-state index contributed by atoms with van der Waals surface area (Å²) in [4.78, 5) is 25.4. The van der Waals surface area contributed by atoms with Gasteiger partial charge in [0.2, 0.25) is 0 Å². The first-order valence-electron chi connectivity index (χ1n) is 11.4. The lowest BCUT2D eigenvalue weighted by atomic mass is 9.90. The van der Waals surface area contributed by atoms with Gasteiger partial charge in [0.1, 0.15) is 0 Å². The molecule has 7 nitrogen and oxygen atoms in total. The second-order valence-corrected chi connectivity index (χ2v) is 10.7. The molecule has 1 saturated carbocycles. The van der Waals surface area contributed by atoms with Gasteiger partial charge in [-0.15, -0.1) is 0 Å². The van der Waals surface area contributed by atoms with Gasteiger partial charge in [-0.2, -0.15) is 0 Å². The molecule has 0 radical (unpaired) electrons. The van der Waals surface area contributed by atoms with Gasteiger partial charge in [-0.25, -0.2) is 9.59 Å². The second kappa shape index (κ2) is 13.3. The third-order valence-electron chi connectivity index (χ3n) is 6.38. The molecule has 3 rings (SSSR count). The predicted molar refractivity (Wildman–Crippen MR) is 148 cm³/mol. The number of esters is 2. The lowest BCUT2D eigenvalue weighted by Gasteiger charge is -2.33. The minimum absolute atomic E-state index is 0.293. The molecule has 3 N–H and O–H groups in total. The Kier molecular flexibility index (Phi) is 11.0. The van der Waals surface area contributed by atoms with Crippen LogP contribution in [0.5, 0.6) is 0 Å². The predicted octanol–water partition coefficient (Wildman–Crippen LogP) is 5.96. The van der Waals surface area contributed by atoms with E-state index >= 15 is 0 Å². The summed E-state index contributed by atoms with van der Waals surface area (Å²) >= 11 is 6.74. The van der Waals surface area contributed by atoms with Crippen molar-refractivity contribution in [2.45, 2.75) is 51.6 Å². The number of benzene rings is 2. The lowest BCUT2D eigenvalue weighted by Crippen LogP contribution is -2.36. The standard InChI is InChI=1S/C17H25BrN2O2.C9H10BrNO2/c1-11-15(17(21)22-4)9-12(18)10-16(11)19-13-5-7-14(8-6-13)20(2)3;1-5-7(9(12)13-2)3-6(10)4-8(5)11/h9-10,13-14,19H,5-8H2,1-4H3;3-4H,11H2,1-2H3. The monoisotopic (exact) mass is 611 g/mol. The molecule has 2 aromatic rings. The summed E-state index contributed by atoms with van der Waals surface area (Å²) in [5, 5.41) is 3.61. The Labute approximate surface area is 225 Å². The van der Waals surface area contributed by atoms with E-state index in [-0.39, 0.29) is 11.9 Å². The zero-order valence-corrected chi connectivity index (χ0v) is 24.4. The van der Waals surface area contributed by atoms with Gasteiger partial charge in [0.05, 0.1) is 25.3 Å². The topological polar surface area (TPSA) is 93.9 Å². The first-order valence-corrected chi connectivity index (χ1v) is 13.0. The van der Waals surface area contributed by atoms with Gasteiger partial charge in [-0.1, -0.05) is 31.9 Å². The number of nitrogen functional groups attached to an aromatic ring is 1. The van der Waals surface area contributed by atoms with Crippen molar-refractivity contribution in [3.05, 3.63) is 55.5 Å². The maximum Gasteiger partial charge on any atom is 0.338 e. The maximum atomic E-state index is 11.9. The Morgan fingerprint density at radius 1 is 0.886 bits per heavy atom. The number of hydrogen-bond donors (Lipinski definition) is 2. The summed E-state index contributed by atoms with van der Waals surface area (Å²) in [5.74, 6) is -0.663. The van der Waals surface area contributed by atoms with Gasteiger partial charge < -0.3 is 25.4 Å². The highest BCUT2D eigenvalue weighted by Gasteiger charge is 2.23. The Hall–Kier alpha value is -2.10. The fourth-order valence-corrected chi connectivity index (χ4v) is 5.06. The summed E-state index contributed by atoms with van der Waals surface area (Å²) in [6.07, 6.45) is 4.73. The van der Waals surface area contributed by atoms with E-state index in [0.717, 1.165) is 38.6 Å². The first kappa shape index (κ1) is 29.1. The van der Waals surface area contributed by atoms with Gasteiger partial charge >= 0.3 is 11.9 Å². The van der Waals surface area contributed by atoms with Crippen LogP contribution in [0.15, 0.2) is 33.2 Å². The number of halogens is 2. The van der Waals surface area contributed by atoms with E-state index in [2.05, 4.69) is 60.9 Å². The van der Waals surface area contributed by atoms with Crippen LogP contribution in [-0.2, 0) is 9.47 Å². The molecule has 2 aromatic carbocycles. The number of nitrogens with two attached hydrogens (primary N) is 1. The average molecular weight is 613 g/mol. The molecule has 1 aliphatic carbocycles. The molecule has 0 aromatic heterocycles. The van der Waals surface area contributed by atoms with Crippen molar-refractivity contribution in [1.29, 1.82) is 0 Å². The van der Waals surface area contributed by atoms with Crippen molar-refractivity contribution < 1.29 is 19.1 Å². The molecule has 1 fully saturated rings. The minimum atomic E-state index is -0.370. The Bertz CT molecular complexity index is 1050. The molecule has 9 heteroatoms. The number of ether oxygens (including phenoxy) is 2. The zero-order chi connectivity index (χ0) is 26.3. The van der Waals surface area contributed by atoms with Crippen LogP contribution in [0.2, 0.25) is 0 Å². The molecule has 0 bridgehead atoms. The molecule has 0 spiro atoms. The summed E-state index contributed by atoms with van der Waals surface area (Å²) < 4.78 is 11.1. The quantitative estimate of drug-likeness (QED) is 0.318. The summed E-state index contributed by atoms with van der Waals surface area (Å²) in [7, 11) is 7.07. The smallest absolute Gasteiger partial charge is 0.338 e. The van der Waals surface area contributed by atoms with Crippen LogP contribution in [0.3, 0.4) is 0 Å². The highest BCUT2D eigenvalue weighted by molar-refractivity contribution is 9.10. The largest absolute Gasteiger partial charge is 0.465 e. The van der Waals surface area contributed by atoms with Crippen molar-refractivity contribution in [2.75, 3.05) is 39.4 Å². The number of methoxy groups -OCH3 is 2. The molecule has 192 valence electrons. The van der Waals surface area contributed by atoms with Crippen LogP contribution >= 0.6 is 31.9 Å². The number of hydrogen-bond acceptors (Lipinski definition) is 7. The number of anilines is 2.